The summed E-state index contributed by atoms with van der Waals surface area (Å²) in [5, 5.41) is 19.0. The molecule has 3 aromatic rings. The minimum atomic E-state index is -3.91. The number of anilines is 2. The van der Waals surface area contributed by atoms with Crippen molar-refractivity contribution in [3.63, 3.8) is 0 Å². The summed E-state index contributed by atoms with van der Waals surface area (Å²) >= 11 is 0. The molecule has 3 rings (SSSR count). The van der Waals surface area contributed by atoms with Crippen LogP contribution >= 0.6 is 0 Å². The highest BCUT2D eigenvalue weighted by atomic mass is 32.2. The van der Waals surface area contributed by atoms with Crippen molar-refractivity contribution in [2.75, 3.05) is 10.0 Å². The minimum Gasteiger partial charge on any atom is -0.320 e. The minimum absolute atomic E-state index is 0.0820. The maximum Gasteiger partial charge on any atom is 0.319 e. The van der Waals surface area contributed by atoms with E-state index in [2.05, 4.69) is 30.2 Å². The fraction of sp³-hybridized carbons (Fsp3) is 0. The number of benzene rings is 1. The van der Waals surface area contributed by atoms with E-state index in [0.29, 0.717) is 0 Å². The van der Waals surface area contributed by atoms with Gasteiger partial charge in [-0.05, 0) is 30.3 Å². The van der Waals surface area contributed by atoms with Crippen LogP contribution in [0.4, 0.5) is 17.3 Å². The van der Waals surface area contributed by atoms with Crippen molar-refractivity contribution in [3.05, 3.63) is 64.7 Å². The number of H-pyrrole nitrogens is 1. The van der Waals surface area contributed by atoms with E-state index < -0.39 is 26.5 Å². The molecule has 0 aliphatic carbocycles. The zero-order chi connectivity index (χ0) is 19.4. The molecule has 0 fully saturated rings. The van der Waals surface area contributed by atoms with E-state index in [4.69, 9.17) is 0 Å². The van der Waals surface area contributed by atoms with E-state index in [-0.39, 0.29) is 22.2 Å². The molecule has 2 aromatic heterocycles. The van der Waals surface area contributed by atoms with Crippen LogP contribution in [-0.2, 0) is 10.0 Å². The molecule has 12 nitrogen and oxygen atoms in total. The number of amides is 1. The molecule has 0 aliphatic rings. The van der Waals surface area contributed by atoms with Crippen molar-refractivity contribution in [3.8, 4) is 0 Å². The number of aromatic amines is 1. The van der Waals surface area contributed by atoms with E-state index >= 15 is 0 Å². The summed E-state index contributed by atoms with van der Waals surface area (Å²) in [7, 11) is -3.91. The van der Waals surface area contributed by atoms with Gasteiger partial charge in [-0.1, -0.05) is 0 Å². The first-order valence-corrected chi connectivity index (χ1v) is 8.74. The average Bonchev–Trinajstić information content (AvgIpc) is 3.13. The topological polar surface area (TPSA) is 173 Å². The Balaban J connectivity index is 1.74. The summed E-state index contributed by atoms with van der Waals surface area (Å²) in [5.41, 5.74) is -0.558. The maximum atomic E-state index is 12.3. The van der Waals surface area contributed by atoms with Gasteiger partial charge < -0.3 is 5.32 Å². The third-order valence-corrected chi connectivity index (χ3v) is 4.60. The summed E-state index contributed by atoms with van der Waals surface area (Å²) in [6.45, 7) is 0. The molecule has 1 aromatic carbocycles. The molecule has 0 saturated heterocycles. The number of nitrogens with one attached hydrogen (secondary N) is 3. The molecular formula is C14H11N7O5S. The summed E-state index contributed by atoms with van der Waals surface area (Å²) in [5.74, 6) is -0.868. The molecular weight excluding hydrogens is 378 g/mol. The zero-order valence-corrected chi connectivity index (χ0v) is 14.2. The first kappa shape index (κ1) is 17.9. The van der Waals surface area contributed by atoms with Crippen LogP contribution < -0.4 is 10.0 Å². The van der Waals surface area contributed by atoms with Gasteiger partial charge in [0, 0.05) is 18.1 Å². The second-order valence-corrected chi connectivity index (χ2v) is 6.73. The van der Waals surface area contributed by atoms with Gasteiger partial charge in [0.25, 0.3) is 15.9 Å². The van der Waals surface area contributed by atoms with E-state index in [1.54, 1.807) is 6.07 Å². The van der Waals surface area contributed by atoms with Crippen molar-refractivity contribution in [1.29, 1.82) is 0 Å². The van der Waals surface area contributed by atoms with Crippen molar-refractivity contribution >= 4 is 33.3 Å². The number of hydrogen-bond acceptors (Lipinski definition) is 8. The van der Waals surface area contributed by atoms with Crippen LogP contribution in [0.1, 0.15) is 10.5 Å². The van der Waals surface area contributed by atoms with E-state index in [0.717, 1.165) is 6.20 Å². The molecule has 0 radical (unpaired) electrons. The molecule has 13 heteroatoms. The molecule has 2 heterocycles. The maximum absolute atomic E-state index is 12.3. The highest BCUT2D eigenvalue weighted by Gasteiger charge is 2.23. The number of hydrogen-bond donors (Lipinski definition) is 3. The SMILES string of the molecule is O=C(Nc1ccc(S(=O)(=O)Nc2ncccn2)cc1)c1[nH]ncc1[N+](=O)[O-]. The fourth-order valence-corrected chi connectivity index (χ4v) is 2.99. The van der Waals surface area contributed by atoms with Gasteiger partial charge >= 0.3 is 5.69 Å². The molecule has 138 valence electrons. The molecule has 0 atom stereocenters. The Kier molecular flexibility index (Phi) is 4.76. The Morgan fingerprint density at radius 1 is 1.15 bits per heavy atom. The van der Waals surface area contributed by atoms with Crippen LogP contribution in [0.25, 0.3) is 0 Å². The van der Waals surface area contributed by atoms with Crippen LogP contribution in [0.5, 0.6) is 0 Å². The van der Waals surface area contributed by atoms with Gasteiger partial charge in [0.2, 0.25) is 11.6 Å². The molecule has 0 aliphatic heterocycles. The number of aromatic nitrogens is 4. The first-order valence-electron chi connectivity index (χ1n) is 7.26. The van der Waals surface area contributed by atoms with Crippen molar-refractivity contribution in [2.45, 2.75) is 4.90 Å². The quantitative estimate of drug-likeness (QED) is 0.416. The van der Waals surface area contributed by atoms with E-state index in [1.165, 1.54) is 36.7 Å². The summed E-state index contributed by atoms with van der Waals surface area (Å²) in [6.07, 6.45) is 3.69. The van der Waals surface area contributed by atoms with Crippen molar-refractivity contribution in [1.82, 2.24) is 20.2 Å². The van der Waals surface area contributed by atoms with E-state index in [9.17, 15) is 23.3 Å². The molecule has 0 spiro atoms. The highest BCUT2D eigenvalue weighted by Crippen LogP contribution is 2.19. The number of nitro groups is 1. The molecule has 0 unspecified atom stereocenters. The van der Waals surface area contributed by atoms with Crippen molar-refractivity contribution in [2.24, 2.45) is 0 Å². The lowest BCUT2D eigenvalue weighted by atomic mass is 10.3. The Morgan fingerprint density at radius 3 is 2.44 bits per heavy atom. The molecule has 1 amide bonds. The first-order chi connectivity index (χ1) is 12.9. The molecule has 0 bridgehead atoms. The number of carbonyl (C=O) groups is 1. The lowest BCUT2D eigenvalue weighted by molar-refractivity contribution is -0.385. The second kappa shape index (κ2) is 7.17. The third-order valence-electron chi connectivity index (χ3n) is 3.26. The lowest BCUT2D eigenvalue weighted by Gasteiger charge is -2.08. The molecule has 3 N–H and O–H groups in total. The van der Waals surface area contributed by atoms with Crippen LogP contribution in [-0.4, -0.2) is 39.4 Å². The van der Waals surface area contributed by atoms with Crippen LogP contribution in [0, 0.1) is 10.1 Å². The van der Waals surface area contributed by atoms with Crippen LogP contribution in [0.3, 0.4) is 0 Å². The smallest absolute Gasteiger partial charge is 0.319 e. The van der Waals surface area contributed by atoms with Gasteiger partial charge in [0.05, 0.1) is 9.82 Å². The number of carbonyl (C=O) groups excluding carboxylic acids is 1. The highest BCUT2D eigenvalue weighted by molar-refractivity contribution is 7.92. The Morgan fingerprint density at radius 2 is 1.81 bits per heavy atom. The van der Waals surface area contributed by atoms with Crippen LogP contribution in [0.15, 0.2) is 53.8 Å². The molecule has 27 heavy (non-hydrogen) atoms. The fourth-order valence-electron chi connectivity index (χ4n) is 2.03. The standard InChI is InChI=1S/C14H11N7O5S/c22-13(12-11(21(23)24)8-17-19-12)18-9-2-4-10(5-3-9)27(25,26)20-14-15-6-1-7-16-14/h1-8H,(H,17,19)(H,18,22)(H,15,16,20). The summed E-state index contributed by atoms with van der Waals surface area (Å²) in [6, 6.07) is 6.71. The number of nitrogens with zero attached hydrogens (tertiary/aromatic N) is 4. The normalized spacial score (nSPS) is 11.0. The predicted molar refractivity (Wildman–Crippen MR) is 92.5 cm³/mol. The Bertz CT molecular complexity index is 1080. The lowest BCUT2D eigenvalue weighted by Crippen LogP contribution is -2.16. The third kappa shape index (κ3) is 4.04. The number of rotatable bonds is 6. The van der Waals surface area contributed by atoms with Gasteiger partial charge in [0.1, 0.15) is 6.20 Å². The Hall–Kier alpha value is -3.87. The predicted octanol–water partition coefficient (Wildman–Crippen LogP) is 1.16. The van der Waals surface area contributed by atoms with Gasteiger partial charge in [-0.25, -0.2) is 23.1 Å². The van der Waals surface area contributed by atoms with E-state index in [1.807, 2.05) is 0 Å². The van der Waals surface area contributed by atoms with Gasteiger partial charge in [-0.15, -0.1) is 0 Å². The van der Waals surface area contributed by atoms with Gasteiger partial charge in [-0.3, -0.25) is 20.0 Å². The number of sulfonamides is 1. The molecule has 0 saturated carbocycles. The summed E-state index contributed by atoms with van der Waals surface area (Å²) in [4.78, 5) is 29.6. The monoisotopic (exact) mass is 389 g/mol. The summed E-state index contributed by atoms with van der Waals surface area (Å²) < 4.78 is 26.8. The largest absolute Gasteiger partial charge is 0.320 e. The van der Waals surface area contributed by atoms with Gasteiger partial charge in [0.15, 0.2) is 0 Å². The van der Waals surface area contributed by atoms with Crippen LogP contribution in [0.2, 0.25) is 0 Å². The van der Waals surface area contributed by atoms with Gasteiger partial charge in [-0.2, -0.15) is 5.10 Å². The average molecular weight is 389 g/mol. The Labute approximate surface area is 151 Å². The second-order valence-electron chi connectivity index (χ2n) is 5.04. The zero-order valence-electron chi connectivity index (χ0n) is 13.4. The van der Waals surface area contributed by atoms with Crippen molar-refractivity contribution < 1.29 is 18.1 Å².